The standard InChI is InChI=1S/C16H15ClN2/c1-10-5-3-6-12(9-10)16-18-11(2)15-13(17)7-4-8-14(15)19-16/h3-9,16,18-19H,2H2,1H3. The lowest BCUT2D eigenvalue weighted by Crippen LogP contribution is -2.31. The third kappa shape index (κ3) is 2.20. The first kappa shape index (κ1) is 12.1. The minimum Gasteiger partial charge on any atom is -0.362 e. The molecule has 0 saturated heterocycles. The first-order valence-corrected chi connectivity index (χ1v) is 6.60. The highest BCUT2D eigenvalue weighted by Crippen LogP contribution is 2.36. The molecule has 1 aliphatic rings. The van der Waals surface area contributed by atoms with Crippen LogP contribution in [-0.2, 0) is 0 Å². The van der Waals surface area contributed by atoms with Crippen LogP contribution in [0.5, 0.6) is 0 Å². The molecule has 2 aromatic rings. The Kier molecular flexibility index (Phi) is 2.96. The molecule has 1 aliphatic heterocycles. The Bertz CT molecular complexity index is 649. The van der Waals surface area contributed by atoms with Crippen LogP contribution in [0.2, 0.25) is 5.02 Å². The number of benzene rings is 2. The summed E-state index contributed by atoms with van der Waals surface area (Å²) in [5.74, 6) is 0. The fourth-order valence-corrected chi connectivity index (χ4v) is 2.69. The van der Waals surface area contributed by atoms with Crippen molar-refractivity contribution >= 4 is 23.0 Å². The number of hydrogen-bond acceptors (Lipinski definition) is 2. The van der Waals surface area contributed by atoms with E-state index in [9.17, 15) is 0 Å². The second-order valence-electron chi connectivity index (χ2n) is 4.78. The lowest BCUT2D eigenvalue weighted by Gasteiger charge is -2.31. The molecule has 0 aliphatic carbocycles. The number of hydrogen-bond donors (Lipinski definition) is 2. The van der Waals surface area contributed by atoms with Gasteiger partial charge in [-0.3, -0.25) is 0 Å². The van der Waals surface area contributed by atoms with Crippen molar-refractivity contribution in [2.45, 2.75) is 13.1 Å². The van der Waals surface area contributed by atoms with Gasteiger partial charge in [-0.15, -0.1) is 0 Å². The van der Waals surface area contributed by atoms with Crippen LogP contribution in [0.15, 0.2) is 49.0 Å². The molecule has 0 aromatic heterocycles. The third-order valence-electron chi connectivity index (χ3n) is 3.31. The summed E-state index contributed by atoms with van der Waals surface area (Å²) in [5.41, 5.74) is 5.25. The third-order valence-corrected chi connectivity index (χ3v) is 3.62. The van der Waals surface area contributed by atoms with E-state index in [2.05, 4.69) is 48.4 Å². The Morgan fingerprint density at radius 2 is 1.89 bits per heavy atom. The van der Waals surface area contributed by atoms with Crippen LogP contribution in [0.25, 0.3) is 5.70 Å². The Morgan fingerprint density at radius 1 is 1.11 bits per heavy atom. The molecule has 19 heavy (non-hydrogen) atoms. The summed E-state index contributed by atoms with van der Waals surface area (Å²) in [5, 5.41) is 7.54. The fourth-order valence-electron chi connectivity index (χ4n) is 2.41. The Labute approximate surface area is 118 Å². The number of aryl methyl sites for hydroxylation is 1. The molecule has 0 bridgehead atoms. The number of fused-ring (bicyclic) bond motifs is 1. The van der Waals surface area contributed by atoms with Gasteiger partial charge < -0.3 is 10.6 Å². The Morgan fingerprint density at radius 3 is 2.68 bits per heavy atom. The Balaban J connectivity index is 2.00. The summed E-state index contributed by atoms with van der Waals surface area (Å²) >= 11 is 6.22. The molecule has 0 amide bonds. The van der Waals surface area contributed by atoms with Crippen molar-refractivity contribution in [2.75, 3.05) is 5.32 Å². The molecule has 0 spiro atoms. The highest BCUT2D eigenvalue weighted by atomic mass is 35.5. The smallest absolute Gasteiger partial charge is 0.123 e. The van der Waals surface area contributed by atoms with Crippen LogP contribution < -0.4 is 10.6 Å². The van der Waals surface area contributed by atoms with Crippen molar-refractivity contribution in [3.05, 3.63) is 70.8 Å². The van der Waals surface area contributed by atoms with E-state index in [1.165, 1.54) is 11.1 Å². The normalized spacial score (nSPS) is 17.4. The van der Waals surface area contributed by atoms with E-state index in [0.717, 1.165) is 16.9 Å². The maximum Gasteiger partial charge on any atom is 0.123 e. The molecule has 1 atom stereocenters. The first-order valence-electron chi connectivity index (χ1n) is 6.22. The first-order chi connectivity index (χ1) is 9.15. The Hall–Kier alpha value is -1.93. The van der Waals surface area contributed by atoms with Gasteiger partial charge >= 0.3 is 0 Å². The van der Waals surface area contributed by atoms with Gasteiger partial charge in [0.05, 0.1) is 5.02 Å². The van der Waals surface area contributed by atoms with Gasteiger partial charge in [0.25, 0.3) is 0 Å². The quantitative estimate of drug-likeness (QED) is 0.806. The lowest BCUT2D eigenvalue weighted by molar-refractivity contribution is 0.703. The predicted octanol–water partition coefficient (Wildman–Crippen LogP) is 4.33. The van der Waals surface area contributed by atoms with E-state index < -0.39 is 0 Å². The van der Waals surface area contributed by atoms with Crippen molar-refractivity contribution in [3.8, 4) is 0 Å². The SMILES string of the molecule is C=C1NC(c2cccc(C)c2)Nc2cccc(Cl)c21. The number of nitrogens with one attached hydrogen (secondary N) is 2. The molecule has 3 heteroatoms. The highest BCUT2D eigenvalue weighted by molar-refractivity contribution is 6.33. The van der Waals surface area contributed by atoms with Crippen LogP contribution in [0.4, 0.5) is 5.69 Å². The van der Waals surface area contributed by atoms with Gasteiger partial charge in [-0.2, -0.15) is 0 Å². The summed E-state index contributed by atoms with van der Waals surface area (Å²) in [4.78, 5) is 0. The summed E-state index contributed by atoms with van der Waals surface area (Å²) in [7, 11) is 0. The predicted molar refractivity (Wildman–Crippen MR) is 81.2 cm³/mol. The molecule has 2 N–H and O–H groups in total. The van der Waals surface area contributed by atoms with Gasteiger partial charge in [-0.1, -0.05) is 54.1 Å². The number of halogens is 1. The van der Waals surface area contributed by atoms with Gasteiger partial charge in [0.15, 0.2) is 0 Å². The van der Waals surface area contributed by atoms with Crippen LogP contribution in [0.1, 0.15) is 22.9 Å². The molecule has 3 rings (SSSR count). The van der Waals surface area contributed by atoms with Crippen molar-refractivity contribution in [1.29, 1.82) is 0 Å². The van der Waals surface area contributed by atoms with Gasteiger partial charge in [0.1, 0.15) is 6.17 Å². The highest BCUT2D eigenvalue weighted by Gasteiger charge is 2.22. The molecule has 96 valence electrons. The lowest BCUT2D eigenvalue weighted by atomic mass is 10.0. The largest absolute Gasteiger partial charge is 0.362 e. The van der Waals surface area contributed by atoms with Crippen molar-refractivity contribution < 1.29 is 0 Å². The van der Waals surface area contributed by atoms with E-state index in [4.69, 9.17) is 11.6 Å². The van der Waals surface area contributed by atoms with E-state index in [1.54, 1.807) is 0 Å². The summed E-state index contributed by atoms with van der Waals surface area (Å²) in [6, 6.07) is 14.3. The maximum absolute atomic E-state index is 6.22. The van der Waals surface area contributed by atoms with E-state index in [1.807, 2.05) is 18.2 Å². The van der Waals surface area contributed by atoms with E-state index >= 15 is 0 Å². The van der Waals surface area contributed by atoms with Crippen LogP contribution >= 0.6 is 11.6 Å². The van der Waals surface area contributed by atoms with Crippen molar-refractivity contribution in [2.24, 2.45) is 0 Å². The molecule has 1 unspecified atom stereocenters. The van der Waals surface area contributed by atoms with Crippen molar-refractivity contribution in [1.82, 2.24) is 5.32 Å². The minimum atomic E-state index is 0.0263. The summed E-state index contributed by atoms with van der Waals surface area (Å²) < 4.78 is 0. The topological polar surface area (TPSA) is 24.1 Å². The summed E-state index contributed by atoms with van der Waals surface area (Å²) in [6.07, 6.45) is 0.0263. The molecular weight excluding hydrogens is 256 g/mol. The second-order valence-corrected chi connectivity index (χ2v) is 5.18. The molecule has 0 radical (unpaired) electrons. The average Bonchev–Trinajstić information content (AvgIpc) is 2.38. The monoisotopic (exact) mass is 270 g/mol. The molecule has 2 nitrogen and oxygen atoms in total. The van der Waals surface area contributed by atoms with Gasteiger partial charge in [-0.25, -0.2) is 0 Å². The molecule has 0 fully saturated rings. The molecule has 0 saturated carbocycles. The maximum atomic E-state index is 6.22. The molecule has 2 aromatic carbocycles. The van der Waals surface area contributed by atoms with Gasteiger partial charge in [0, 0.05) is 16.9 Å². The minimum absolute atomic E-state index is 0.0263. The summed E-state index contributed by atoms with van der Waals surface area (Å²) in [6.45, 7) is 6.17. The van der Waals surface area contributed by atoms with E-state index in [0.29, 0.717) is 5.02 Å². The van der Waals surface area contributed by atoms with Crippen LogP contribution in [0.3, 0.4) is 0 Å². The van der Waals surface area contributed by atoms with Gasteiger partial charge in [-0.05, 0) is 24.6 Å². The zero-order valence-electron chi connectivity index (χ0n) is 10.7. The van der Waals surface area contributed by atoms with Crippen LogP contribution in [-0.4, -0.2) is 0 Å². The average molecular weight is 271 g/mol. The zero-order valence-corrected chi connectivity index (χ0v) is 11.5. The van der Waals surface area contributed by atoms with Crippen molar-refractivity contribution in [3.63, 3.8) is 0 Å². The zero-order chi connectivity index (χ0) is 13.4. The fraction of sp³-hybridized carbons (Fsp3) is 0.125. The number of rotatable bonds is 1. The number of anilines is 1. The van der Waals surface area contributed by atoms with Gasteiger partial charge in [0.2, 0.25) is 0 Å². The van der Waals surface area contributed by atoms with E-state index in [-0.39, 0.29) is 6.17 Å². The molecule has 1 heterocycles. The second kappa shape index (κ2) is 4.63. The molecular formula is C16H15ClN2. The van der Waals surface area contributed by atoms with Crippen LogP contribution in [0, 0.1) is 6.92 Å².